The van der Waals surface area contributed by atoms with Crippen molar-refractivity contribution in [2.45, 2.75) is 26.2 Å². The van der Waals surface area contributed by atoms with E-state index in [1.165, 1.54) is 0 Å². The van der Waals surface area contributed by atoms with Gasteiger partial charge < -0.3 is 5.11 Å². The van der Waals surface area contributed by atoms with Crippen molar-refractivity contribution in [3.63, 3.8) is 0 Å². The number of amidine groups is 1. The molecule has 2 atom stereocenters. The van der Waals surface area contributed by atoms with E-state index in [1.807, 2.05) is 32.2 Å². The number of carboxylic acid groups (broad SMARTS) is 1. The molecule has 2 heterocycles. The summed E-state index contributed by atoms with van der Waals surface area (Å²) in [6.07, 6.45) is 1.95. The molecule has 1 aliphatic rings. The first-order valence-corrected chi connectivity index (χ1v) is 7.95. The normalized spacial score (nSPS) is 16.3. The first-order chi connectivity index (χ1) is 11.6. The number of nitrogens with one attached hydrogen (secondary N) is 3. The molecule has 1 aromatic heterocycles. The minimum absolute atomic E-state index is 0.261. The van der Waals surface area contributed by atoms with Crippen LogP contribution in [0.1, 0.15) is 25.3 Å². The molecule has 0 bridgehead atoms. The second kappa shape index (κ2) is 6.83. The third kappa shape index (κ3) is 3.16. The Kier molecular flexibility index (Phi) is 4.61. The second-order valence-electron chi connectivity index (χ2n) is 5.94. The minimum Gasteiger partial charge on any atom is -0.481 e. The van der Waals surface area contributed by atoms with Gasteiger partial charge in [-0.15, -0.1) is 15.7 Å². The second-order valence-corrected chi connectivity index (χ2v) is 5.94. The first kappa shape index (κ1) is 16.2. The third-order valence-corrected chi connectivity index (χ3v) is 4.31. The van der Waals surface area contributed by atoms with Crippen molar-refractivity contribution in [2.24, 2.45) is 24.0 Å². The van der Waals surface area contributed by atoms with Crippen LogP contribution in [0.15, 0.2) is 23.3 Å². The number of hydrazine groups is 2. The van der Waals surface area contributed by atoms with Gasteiger partial charge in [0, 0.05) is 13.0 Å². The number of carbonyl (C=O) groups is 1. The molecule has 0 aliphatic carbocycles. The Morgan fingerprint density at radius 1 is 1.42 bits per heavy atom. The number of carboxylic acids is 1. The van der Waals surface area contributed by atoms with Crippen LogP contribution in [0.2, 0.25) is 0 Å². The molecule has 0 spiro atoms. The van der Waals surface area contributed by atoms with Crippen LogP contribution < -0.4 is 16.5 Å². The molecular weight excluding hydrogens is 310 g/mol. The third-order valence-electron chi connectivity index (χ3n) is 4.31. The number of benzene rings is 1. The summed E-state index contributed by atoms with van der Waals surface area (Å²) in [4.78, 5) is 11.8. The summed E-state index contributed by atoms with van der Waals surface area (Å²) < 4.78 is 1.71. The Labute approximate surface area is 139 Å². The zero-order chi connectivity index (χ0) is 17.1. The van der Waals surface area contributed by atoms with E-state index in [1.54, 1.807) is 4.68 Å². The van der Waals surface area contributed by atoms with Crippen molar-refractivity contribution < 1.29 is 9.90 Å². The monoisotopic (exact) mass is 331 g/mol. The Balaban J connectivity index is 1.92. The molecule has 9 heteroatoms. The van der Waals surface area contributed by atoms with E-state index in [0.717, 1.165) is 23.0 Å². The molecule has 0 fully saturated rings. The lowest BCUT2D eigenvalue weighted by molar-refractivity contribution is -0.143. The van der Waals surface area contributed by atoms with Crippen molar-refractivity contribution in [3.8, 4) is 0 Å². The Morgan fingerprint density at radius 3 is 2.92 bits per heavy atom. The van der Waals surface area contributed by atoms with E-state index < -0.39 is 11.9 Å². The van der Waals surface area contributed by atoms with Gasteiger partial charge in [-0.3, -0.25) is 10.2 Å². The highest BCUT2D eigenvalue weighted by molar-refractivity contribution is 5.89. The summed E-state index contributed by atoms with van der Waals surface area (Å²) in [5, 5.41) is 21.9. The Hall–Kier alpha value is -2.68. The number of nitrogens with zero attached hydrogens (tertiary/aromatic N) is 4. The maximum Gasteiger partial charge on any atom is 0.307 e. The smallest absolute Gasteiger partial charge is 0.307 e. The fourth-order valence-electron chi connectivity index (χ4n) is 3.08. The summed E-state index contributed by atoms with van der Waals surface area (Å²) in [5.41, 5.74) is 11.0. The maximum atomic E-state index is 11.8. The summed E-state index contributed by atoms with van der Waals surface area (Å²) in [6, 6.07) is 5.87. The summed E-state index contributed by atoms with van der Waals surface area (Å²) >= 11 is 0. The predicted molar refractivity (Wildman–Crippen MR) is 88.6 cm³/mol. The molecular formula is C15H21N7O2. The molecule has 0 saturated carbocycles. The van der Waals surface area contributed by atoms with Crippen molar-refractivity contribution in [1.29, 1.82) is 0 Å². The number of aryl methyl sites for hydroxylation is 1. The van der Waals surface area contributed by atoms with E-state index in [2.05, 4.69) is 31.9 Å². The fraction of sp³-hybridized carbons (Fsp3) is 0.467. The quantitative estimate of drug-likeness (QED) is 0.585. The number of hydrazone groups is 1. The van der Waals surface area contributed by atoms with E-state index in [-0.39, 0.29) is 5.92 Å². The van der Waals surface area contributed by atoms with Crippen LogP contribution in [0, 0.1) is 11.8 Å². The highest BCUT2D eigenvalue weighted by Gasteiger charge is 2.33. The molecule has 9 nitrogen and oxygen atoms in total. The van der Waals surface area contributed by atoms with Crippen LogP contribution in [0.3, 0.4) is 0 Å². The van der Waals surface area contributed by atoms with Crippen molar-refractivity contribution in [1.82, 2.24) is 31.5 Å². The fourth-order valence-corrected chi connectivity index (χ4v) is 3.08. The number of rotatable bonds is 7. The predicted octanol–water partition coefficient (Wildman–Crippen LogP) is 0.554. The molecule has 3 rings (SSSR count). The topological polar surface area (TPSA) is 116 Å². The highest BCUT2D eigenvalue weighted by atomic mass is 16.4. The lowest BCUT2D eigenvalue weighted by atomic mass is 9.83. The zero-order valence-electron chi connectivity index (χ0n) is 13.7. The van der Waals surface area contributed by atoms with E-state index >= 15 is 0 Å². The van der Waals surface area contributed by atoms with Crippen LogP contribution in [-0.4, -0.2) is 31.9 Å². The Bertz CT molecular complexity index is 770. The van der Waals surface area contributed by atoms with Gasteiger partial charge in [-0.25, -0.2) is 10.2 Å². The molecule has 1 aromatic carbocycles. The molecule has 0 radical (unpaired) electrons. The molecule has 0 unspecified atom stereocenters. The molecule has 128 valence electrons. The standard InChI is InChI=1S/C15H21N7O2/c1-3-4-10(15(23)24)11(14-17-19-20-18-14)7-9-5-6-12-13(8-9)22(2)21-16-12/h5-6,8,10-11,19-20H,3-4,7H2,1-2H3,(H,17,18)(H,23,24)/t10-,11-/m0/s1. The van der Waals surface area contributed by atoms with Crippen LogP contribution in [0.4, 0.5) is 0 Å². The van der Waals surface area contributed by atoms with Gasteiger partial charge in [0.05, 0.1) is 11.4 Å². The largest absolute Gasteiger partial charge is 0.481 e. The molecule has 2 aromatic rings. The van der Waals surface area contributed by atoms with E-state index in [4.69, 9.17) is 0 Å². The van der Waals surface area contributed by atoms with E-state index in [9.17, 15) is 9.90 Å². The van der Waals surface area contributed by atoms with Gasteiger partial charge in [0.2, 0.25) is 0 Å². The van der Waals surface area contributed by atoms with E-state index in [0.29, 0.717) is 18.7 Å². The van der Waals surface area contributed by atoms with Crippen LogP contribution in [0.5, 0.6) is 0 Å². The van der Waals surface area contributed by atoms with Gasteiger partial charge in [0.15, 0.2) is 0 Å². The maximum absolute atomic E-state index is 11.8. The zero-order valence-corrected chi connectivity index (χ0v) is 13.7. The summed E-state index contributed by atoms with van der Waals surface area (Å²) in [7, 11) is 1.84. The number of hydrogen-bond acceptors (Lipinski definition) is 7. The molecule has 24 heavy (non-hydrogen) atoms. The average molecular weight is 331 g/mol. The minimum atomic E-state index is -0.804. The number of fused-ring (bicyclic) bond motifs is 1. The van der Waals surface area contributed by atoms with Gasteiger partial charge in [0.1, 0.15) is 11.4 Å². The molecule has 0 saturated heterocycles. The number of hydrogen-bond donors (Lipinski definition) is 4. The van der Waals surface area contributed by atoms with Gasteiger partial charge in [0.25, 0.3) is 0 Å². The number of aromatic nitrogens is 3. The van der Waals surface area contributed by atoms with Gasteiger partial charge >= 0.3 is 5.97 Å². The first-order valence-electron chi connectivity index (χ1n) is 7.95. The molecule has 1 aliphatic heterocycles. The van der Waals surface area contributed by atoms with Crippen molar-refractivity contribution in [3.05, 3.63) is 23.8 Å². The van der Waals surface area contributed by atoms with Crippen molar-refractivity contribution in [2.75, 3.05) is 0 Å². The summed E-state index contributed by atoms with van der Waals surface area (Å²) in [6.45, 7) is 1.99. The van der Waals surface area contributed by atoms with Crippen LogP contribution in [0.25, 0.3) is 11.0 Å². The lowest BCUT2D eigenvalue weighted by Gasteiger charge is -2.23. The Morgan fingerprint density at radius 2 is 2.25 bits per heavy atom. The van der Waals surface area contributed by atoms with Gasteiger partial charge in [-0.2, -0.15) is 0 Å². The van der Waals surface area contributed by atoms with Gasteiger partial charge in [-0.1, -0.05) is 24.6 Å². The molecule has 4 N–H and O–H groups in total. The number of aliphatic carboxylic acids is 1. The SMILES string of the molecule is CCC[C@H](C(=O)O)[C@H](Cc1ccc2nnn(C)c2c1)C1=NNNN1. The van der Waals surface area contributed by atoms with Crippen LogP contribution in [-0.2, 0) is 18.3 Å². The van der Waals surface area contributed by atoms with Gasteiger partial charge in [-0.05, 0) is 30.5 Å². The lowest BCUT2D eigenvalue weighted by Crippen LogP contribution is -2.42. The van der Waals surface area contributed by atoms with Crippen molar-refractivity contribution >= 4 is 22.8 Å². The molecule has 0 amide bonds. The van der Waals surface area contributed by atoms with Crippen LogP contribution >= 0.6 is 0 Å². The average Bonchev–Trinajstić information content (AvgIpc) is 3.21. The highest BCUT2D eigenvalue weighted by Crippen LogP contribution is 2.25. The summed E-state index contributed by atoms with van der Waals surface area (Å²) in [5.74, 6) is -0.965.